The number of carbonyl (C=O) groups excluding carboxylic acids is 1. The van der Waals surface area contributed by atoms with Crippen molar-refractivity contribution in [2.45, 2.75) is 27.7 Å². The van der Waals surface area contributed by atoms with E-state index in [0.717, 1.165) is 0 Å². The topological polar surface area (TPSA) is 74.2 Å². The Morgan fingerprint density at radius 3 is 1.17 bits per heavy atom. The molecule has 0 bridgehead atoms. The van der Waals surface area contributed by atoms with E-state index in [4.69, 9.17) is 5.26 Å². The lowest BCUT2D eigenvalue weighted by molar-refractivity contribution is 0.245. The second-order valence-electron chi connectivity index (χ2n) is 3.10. The fourth-order valence-corrected chi connectivity index (χ4v) is 0.510. The number of hydrogen-bond acceptors (Lipinski definition) is 3. The molecule has 0 fully saturated rings. The van der Waals surface area contributed by atoms with Crippen molar-refractivity contribution in [3.8, 4) is 6.26 Å². The predicted molar refractivity (Wildman–Crippen MR) is 106 cm³/mol. The van der Waals surface area contributed by atoms with Crippen molar-refractivity contribution in [2.24, 2.45) is 0 Å². The van der Waals surface area contributed by atoms with Crippen LogP contribution in [0, 0.1) is 11.5 Å². The van der Waals surface area contributed by atoms with Crippen molar-refractivity contribution >= 4 is 6.03 Å². The van der Waals surface area contributed by atoms with Gasteiger partial charge in [0.1, 0.15) is 0 Å². The maximum atomic E-state index is 9.96. The predicted octanol–water partition coefficient (Wildman–Crippen LogP) is 4.76. The first-order valence-corrected chi connectivity index (χ1v) is 7.51. The van der Waals surface area contributed by atoms with E-state index < -0.39 is 0 Å². The molecule has 2 N–H and O–H groups in total. The van der Waals surface area contributed by atoms with Gasteiger partial charge in [-0.15, -0.1) is 13.2 Å². The Labute approximate surface area is 149 Å². The van der Waals surface area contributed by atoms with Gasteiger partial charge in [0.2, 0.25) is 0 Å². The van der Waals surface area contributed by atoms with Gasteiger partial charge in [-0.25, -0.2) is 4.79 Å². The fraction of sp³-hybridized carbons (Fsp3) is 0.368. The third-order valence-corrected chi connectivity index (χ3v) is 1.21. The molecule has 0 aliphatic heterocycles. The quantitative estimate of drug-likeness (QED) is 0.529. The van der Waals surface area contributed by atoms with Gasteiger partial charge in [-0.2, -0.15) is 5.26 Å². The molecule has 1 aromatic rings. The molecule has 0 unspecified atom stereocenters. The highest BCUT2D eigenvalue weighted by Crippen LogP contribution is 1.79. The van der Waals surface area contributed by atoms with E-state index in [1.54, 1.807) is 26.2 Å². The Morgan fingerprint density at radius 1 is 0.958 bits per heavy atom. The smallest absolute Gasteiger partial charge is 0.314 e. The van der Waals surface area contributed by atoms with Crippen LogP contribution in [0.4, 0.5) is 4.79 Å². The van der Waals surface area contributed by atoms with Crippen LogP contribution in [0.3, 0.4) is 0 Å². The highest BCUT2D eigenvalue weighted by molar-refractivity contribution is 5.72. The summed E-state index contributed by atoms with van der Waals surface area (Å²) in [4.78, 5) is 9.96. The van der Waals surface area contributed by atoms with E-state index in [1.165, 1.54) is 13.4 Å². The molecule has 138 valence electrons. The Bertz CT molecular complexity index is 322. The van der Waals surface area contributed by atoms with E-state index >= 15 is 0 Å². The molecule has 0 aliphatic rings. The van der Waals surface area contributed by atoms with Crippen molar-refractivity contribution in [2.75, 3.05) is 21.2 Å². The van der Waals surface area contributed by atoms with E-state index in [2.05, 4.69) is 28.5 Å². The van der Waals surface area contributed by atoms with Crippen LogP contribution < -0.4 is 10.6 Å². The molecule has 1 aromatic carbocycles. The molecule has 0 atom stereocenters. The molecule has 5 heteroatoms. The van der Waals surface area contributed by atoms with Crippen LogP contribution in [-0.2, 0) is 4.74 Å². The normalized spacial score (nSPS) is 5.75. The minimum Gasteiger partial charge on any atom is -0.431 e. The number of nitriles is 1. The summed E-state index contributed by atoms with van der Waals surface area (Å²) in [6.07, 6.45) is 4.93. The lowest BCUT2D eigenvalue weighted by Gasteiger charge is -1.91. The van der Waals surface area contributed by atoms with Crippen molar-refractivity contribution < 1.29 is 9.53 Å². The molecule has 0 spiro atoms. The second-order valence-corrected chi connectivity index (χ2v) is 3.10. The largest absolute Gasteiger partial charge is 0.431 e. The number of ether oxygens (including phenoxy) is 1. The summed E-state index contributed by atoms with van der Waals surface area (Å²) >= 11 is 0. The van der Waals surface area contributed by atoms with Gasteiger partial charge in [-0.3, -0.25) is 0 Å². The summed E-state index contributed by atoms with van der Waals surface area (Å²) < 4.78 is 3.85. The summed E-state index contributed by atoms with van der Waals surface area (Å²) in [6.45, 7) is 14.5. The van der Waals surface area contributed by atoms with Gasteiger partial charge in [0.15, 0.2) is 0 Å². The van der Waals surface area contributed by atoms with E-state index in [-0.39, 0.29) is 6.03 Å². The molecule has 0 aliphatic carbocycles. The number of benzene rings is 1. The molecular formula is C19H35N3O2. The zero-order valence-corrected chi connectivity index (χ0v) is 16.3. The summed E-state index contributed by atoms with van der Waals surface area (Å²) in [5, 5.41) is 12.1. The van der Waals surface area contributed by atoms with Crippen LogP contribution in [0.5, 0.6) is 0 Å². The van der Waals surface area contributed by atoms with Gasteiger partial charge in [0.05, 0.1) is 7.11 Å². The molecule has 5 nitrogen and oxygen atoms in total. The van der Waals surface area contributed by atoms with Crippen molar-refractivity contribution in [3.05, 3.63) is 61.7 Å². The zero-order valence-electron chi connectivity index (χ0n) is 16.3. The van der Waals surface area contributed by atoms with Crippen molar-refractivity contribution in [3.63, 3.8) is 0 Å². The average molecular weight is 338 g/mol. The number of amides is 2. The minimum absolute atomic E-state index is 0.157. The molecular weight excluding hydrogens is 302 g/mol. The van der Waals surface area contributed by atoms with Crippen molar-refractivity contribution in [1.82, 2.24) is 10.6 Å². The third kappa shape index (κ3) is 94.1. The highest BCUT2D eigenvalue weighted by atomic mass is 16.5. The van der Waals surface area contributed by atoms with Gasteiger partial charge in [-0.1, -0.05) is 62.4 Å². The highest BCUT2D eigenvalue weighted by Gasteiger charge is 1.81. The number of urea groups is 1. The maximum absolute atomic E-state index is 9.96. The number of rotatable bonds is 0. The van der Waals surface area contributed by atoms with Crippen LogP contribution in [0.1, 0.15) is 27.7 Å². The third-order valence-electron chi connectivity index (χ3n) is 1.21. The van der Waals surface area contributed by atoms with E-state index in [0.29, 0.717) is 0 Å². The number of allylic oxidation sites excluding steroid dienone is 2. The van der Waals surface area contributed by atoms with Crippen LogP contribution in [-0.4, -0.2) is 27.2 Å². The molecule has 0 heterocycles. The van der Waals surface area contributed by atoms with Crippen molar-refractivity contribution in [1.29, 1.82) is 5.26 Å². The first-order valence-electron chi connectivity index (χ1n) is 7.51. The lowest BCUT2D eigenvalue weighted by atomic mass is 10.4. The van der Waals surface area contributed by atoms with E-state index in [1.807, 2.05) is 64.1 Å². The monoisotopic (exact) mass is 337 g/mol. The summed E-state index contributed by atoms with van der Waals surface area (Å²) in [5.41, 5.74) is 0. The number of methoxy groups -OCH3 is 1. The average Bonchev–Trinajstić information content (AvgIpc) is 2.66. The summed E-state index contributed by atoms with van der Waals surface area (Å²) in [5.74, 6) is 0. The minimum atomic E-state index is -0.157. The van der Waals surface area contributed by atoms with Crippen LogP contribution >= 0.6 is 0 Å². The first kappa shape index (κ1) is 33.0. The molecule has 0 radical (unpaired) electrons. The number of nitrogens with zero attached hydrogens (tertiary/aromatic N) is 1. The molecule has 0 aromatic heterocycles. The van der Waals surface area contributed by atoms with Crippen LogP contribution in [0.2, 0.25) is 0 Å². The molecule has 1 rings (SSSR count). The summed E-state index contributed by atoms with van der Waals surface area (Å²) in [6, 6.07) is 11.8. The van der Waals surface area contributed by atoms with Gasteiger partial charge in [0.25, 0.3) is 6.26 Å². The van der Waals surface area contributed by atoms with Gasteiger partial charge < -0.3 is 15.4 Å². The molecule has 2 amide bonds. The van der Waals surface area contributed by atoms with Gasteiger partial charge in [0, 0.05) is 14.1 Å². The standard InChI is InChI=1S/C6H6.C3H8N2O.2C3H6.C2H3NO.C2H6/c1-2-4-6-5-3-1;1-4-3(6)5-2;2*1-3-2;1-4-2-3;1-2/h1-6H;1-2H3,(H2,4,5,6);2*3H,1H2,2H3;1H3;1-2H3. The number of carbonyl (C=O) groups is 1. The Balaban J connectivity index is -0.0000000631. The lowest BCUT2D eigenvalue weighted by Crippen LogP contribution is -2.28. The van der Waals surface area contributed by atoms with Gasteiger partial charge >= 0.3 is 6.03 Å². The fourth-order valence-electron chi connectivity index (χ4n) is 0.510. The molecule has 0 saturated heterocycles. The summed E-state index contributed by atoms with van der Waals surface area (Å²) in [7, 11) is 4.46. The Morgan fingerprint density at radius 2 is 1.12 bits per heavy atom. The number of nitrogens with one attached hydrogen (secondary N) is 2. The SMILES string of the molecule is C=CC.C=CC.CC.CNC(=O)NC.COC#N.c1ccccc1. The number of hydrogen-bond donors (Lipinski definition) is 2. The molecule has 0 saturated carbocycles. The maximum Gasteiger partial charge on any atom is 0.314 e. The molecule has 24 heavy (non-hydrogen) atoms. The van der Waals surface area contributed by atoms with Crippen LogP contribution in [0.25, 0.3) is 0 Å². The second kappa shape index (κ2) is 50.0. The zero-order chi connectivity index (χ0) is 20.1. The Hall–Kier alpha value is -2.74. The first-order chi connectivity index (χ1) is 11.6. The van der Waals surface area contributed by atoms with E-state index in [9.17, 15) is 4.79 Å². The Kier molecular flexibility index (Phi) is 68.8. The van der Waals surface area contributed by atoms with Crippen LogP contribution in [0.15, 0.2) is 61.7 Å². The van der Waals surface area contributed by atoms with Gasteiger partial charge in [-0.05, 0) is 13.8 Å².